The first-order valence-electron chi connectivity index (χ1n) is 9.54. The zero-order chi connectivity index (χ0) is 20.4. The van der Waals surface area contributed by atoms with E-state index in [1.165, 1.54) is 0 Å². The van der Waals surface area contributed by atoms with E-state index >= 15 is 0 Å². The van der Waals surface area contributed by atoms with Crippen LogP contribution < -0.4 is 4.74 Å². The topological polar surface area (TPSA) is 55.8 Å². The lowest BCUT2D eigenvalue weighted by Crippen LogP contribution is -2.33. The zero-order valence-corrected chi connectivity index (χ0v) is 17.9. The number of para-hydroxylation sites is 1. The maximum atomic E-state index is 12.5. The van der Waals surface area contributed by atoms with Gasteiger partial charge in [-0.3, -0.25) is 0 Å². The molecule has 2 rings (SSSR count). The molecule has 0 saturated carbocycles. The monoisotopic (exact) mass is 399 g/mol. The standard InChI is InChI=1S/C22H29NO4Si/c1-28(2,3)16-15-26-22(25)23(13-8-14-24)18-19-9-7-12-21(17-19)27-20-10-5-4-6-11-20/h4-7,9-12,14,17H,8,13,15-16,18H2,1-3H3. The summed E-state index contributed by atoms with van der Waals surface area (Å²) in [6, 6.07) is 18.0. The van der Waals surface area contributed by atoms with Gasteiger partial charge in [0, 0.05) is 27.6 Å². The summed E-state index contributed by atoms with van der Waals surface area (Å²) < 4.78 is 11.3. The summed E-state index contributed by atoms with van der Waals surface area (Å²) in [7, 11) is -1.27. The van der Waals surface area contributed by atoms with Crippen LogP contribution in [0.1, 0.15) is 12.0 Å². The number of benzene rings is 2. The number of hydrogen-bond acceptors (Lipinski definition) is 4. The molecule has 0 fully saturated rings. The molecular formula is C22H29NO4Si. The summed E-state index contributed by atoms with van der Waals surface area (Å²) in [6.07, 6.45) is 0.718. The molecule has 0 aliphatic carbocycles. The second-order valence-corrected chi connectivity index (χ2v) is 13.5. The van der Waals surface area contributed by atoms with Crippen molar-refractivity contribution in [3.8, 4) is 11.5 Å². The molecule has 1 amide bonds. The van der Waals surface area contributed by atoms with Gasteiger partial charge in [-0.15, -0.1) is 0 Å². The van der Waals surface area contributed by atoms with Crippen LogP contribution in [0.2, 0.25) is 25.7 Å². The molecule has 150 valence electrons. The van der Waals surface area contributed by atoms with E-state index in [0.29, 0.717) is 25.4 Å². The number of hydrogen-bond donors (Lipinski definition) is 0. The quantitative estimate of drug-likeness (QED) is 0.399. The van der Waals surface area contributed by atoms with Crippen molar-refractivity contribution >= 4 is 20.5 Å². The minimum absolute atomic E-state index is 0.281. The number of ether oxygens (including phenoxy) is 2. The van der Waals surface area contributed by atoms with Crippen molar-refractivity contribution in [1.82, 2.24) is 4.90 Å². The normalized spacial score (nSPS) is 11.0. The van der Waals surface area contributed by atoms with E-state index in [1.54, 1.807) is 4.90 Å². The first-order chi connectivity index (χ1) is 13.4. The van der Waals surface area contributed by atoms with Gasteiger partial charge in [0.25, 0.3) is 0 Å². The SMILES string of the molecule is C[Si](C)(C)CCOC(=O)N(CCC=O)Cc1cccc(Oc2ccccc2)c1. The van der Waals surface area contributed by atoms with Gasteiger partial charge in [0.15, 0.2) is 0 Å². The third kappa shape index (κ3) is 7.96. The van der Waals surface area contributed by atoms with E-state index in [9.17, 15) is 9.59 Å². The van der Waals surface area contributed by atoms with Crippen LogP contribution in [0.3, 0.4) is 0 Å². The Labute approximate surface area is 168 Å². The molecule has 0 heterocycles. The third-order valence-corrected chi connectivity index (χ3v) is 5.81. The molecule has 0 aromatic heterocycles. The maximum absolute atomic E-state index is 12.5. The summed E-state index contributed by atoms with van der Waals surface area (Å²) in [6.45, 7) is 7.84. The molecule has 6 heteroatoms. The first kappa shape index (κ1) is 21.7. The van der Waals surface area contributed by atoms with Crippen LogP contribution in [-0.2, 0) is 16.1 Å². The van der Waals surface area contributed by atoms with Crippen LogP contribution in [0.4, 0.5) is 4.79 Å². The highest BCUT2D eigenvalue weighted by molar-refractivity contribution is 6.76. The van der Waals surface area contributed by atoms with Crippen molar-refractivity contribution < 1.29 is 19.1 Å². The molecular weight excluding hydrogens is 370 g/mol. The number of rotatable bonds is 10. The molecule has 2 aromatic rings. The fourth-order valence-electron chi connectivity index (χ4n) is 2.53. The van der Waals surface area contributed by atoms with Gasteiger partial charge >= 0.3 is 6.09 Å². The Bertz CT molecular complexity index is 759. The van der Waals surface area contributed by atoms with Gasteiger partial charge in [0.05, 0.1) is 6.61 Å². The lowest BCUT2D eigenvalue weighted by molar-refractivity contribution is -0.108. The number of carbonyl (C=O) groups is 2. The second kappa shape index (κ2) is 10.7. The average Bonchev–Trinajstić information content (AvgIpc) is 2.65. The number of amides is 1. The van der Waals surface area contributed by atoms with Gasteiger partial charge in [-0.2, -0.15) is 0 Å². The molecule has 0 saturated heterocycles. The molecule has 5 nitrogen and oxygen atoms in total. The van der Waals surface area contributed by atoms with Gasteiger partial charge in [-0.1, -0.05) is 50.0 Å². The first-order valence-corrected chi connectivity index (χ1v) is 13.3. The minimum Gasteiger partial charge on any atom is -0.457 e. The lowest BCUT2D eigenvalue weighted by Gasteiger charge is -2.23. The molecule has 0 radical (unpaired) electrons. The van der Waals surface area contributed by atoms with Crippen LogP contribution >= 0.6 is 0 Å². The minimum atomic E-state index is -1.27. The summed E-state index contributed by atoms with van der Waals surface area (Å²) in [4.78, 5) is 24.9. The Morgan fingerprint density at radius 3 is 2.43 bits per heavy atom. The van der Waals surface area contributed by atoms with Gasteiger partial charge in [0.2, 0.25) is 0 Å². The largest absolute Gasteiger partial charge is 0.457 e. The van der Waals surface area contributed by atoms with Crippen molar-refractivity contribution in [2.24, 2.45) is 0 Å². The van der Waals surface area contributed by atoms with Crippen molar-refractivity contribution in [2.45, 2.75) is 38.7 Å². The smallest absolute Gasteiger partial charge is 0.410 e. The fraction of sp³-hybridized carbons (Fsp3) is 0.364. The highest BCUT2D eigenvalue weighted by Gasteiger charge is 2.18. The van der Waals surface area contributed by atoms with Crippen molar-refractivity contribution in [2.75, 3.05) is 13.2 Å². The Hall–Kier alpha value is -2.60. The van der Waals surface area contributed by atoms with Crippen LogP contribution in [0.25, 0.3) is 0 Å². The highest BCUT2D eigenvalue weighted by Crippen LogP contribution is 2.22. The number of carbonyl (C=O) groups excluding carboxylic acids is 2. The summed E-state index contributed by atoms with van der Waals surface area (Å²) in [5, 5.41) is 0. The predicted octanol–water partition coefficient (Wildman–Crippen LogP) is 5.34. The zero-order valence-electron chi connectivity index (χ0n) is 16.9. The molecule has 0 spiro atoms. The van der Waals surface area contributed by atoms with Crippen molar-refractivity contribution in [3.05, 3.63) is 60.2 Å². The molecule has 0 unspecified atom stereocenters. The molecule has 2 aromatic carbocycles. The fourth-order valence-corrected chi connectivity index (χ4v) is 3.25. The van der Waals surface area contributed by atoms with Crippen LogP contribution in [0, 0.1) is 0 Å². The Morgan fingerprint density at radius 2 is 1.75 bits per heavy atom. The summed E-state index contributed by atoms with van der Waals surface area (Å²) in [5.41, 5.74) is 0.918. The Kier molecular flexibility index (Phi) is 8.26. The van der Waals surface area contributed by atoms with Crippen molar-refractivity contribution in [1.29, 1.82) is 0 Å². The van der Waals surface area contributed by atoms with E-state index in [4.69, 9.17) is 9.47 Å². The second-order valence-electron chi connectivity index (χ2n) is 7.86. The molecule has 0 atom stereocenters. The summed E-state index contributed by atoms with van der Waals surface area (Å²) in [5.74, 6) is 1.45. The molecule has 0 aliphatic rings. The van der Waals surface area contributed by atoms with Crippen LogP contribution in [-0.4, -0.2) is 38.5 Å². The molecule has 0 aliphatic heterocycles. The van der Waals surface area contributed by atoms with E-state index in [0.717, 1.165) is 23.6 Å². The molecule has 28 heavy (non-hydrogen) atoms. The van der Waals surface area contributed by atoms with E-state index in [2.05, 4.69) is 19.6 Å². The Balaban J connectivity index is 2.01. The highest BCUT2D eigenvalue weighted by atomic mass is 28.3. The lowest BCUT2D eigenvalue weighted by atomic mass is 10.2. The van der Waals surface area contributed by atoms with E-state index < -0.39 is 8.07 Å². The number of nitrogens with zero attached hydrogens (tertiary/aromatic N) is 1. The predicted molar refractivity (Wildman–Crippen MR) is 114 cm³/mol. The summed E-state index contributed by atoms with van der Waals surface area (Å²) >= 11 is 0. The van der Waals surface area contributed by atoms with Crippen LogP contribution in [0.15, 0.2) is 54.6 Å². The van der Waals surface area contributed by atoms with Gasteiger partial charge in [-0.25, -0.2) is 4.79 Å². The molecule has 0 N–H and O–H groups in total. The average molecular weight is 400 g/mol. The maximum Gasteiger partial charge on any atom is 0.410 e. The van der Waals surface area contributed by atoms with Gasteiger partial charge in [0.1, 0.15) is 17.8 Å². The van der Waals surface area contributed by atoms with Crippen LogP contribution in [0.5, 0.6) is 11.5 Å². The number of aldehydes is 1. The van der Waals surface area contributed by atoms with Crippen molar-refractivity contribution in [3.63, 3.8) is 0 Å². The Morgan fingerprint density at radius 1 is 1.04 bits per heavy atom. The van der Waals surface area contributed by atoms with Gasteiger partial charge in [-0.05, 0) is 35.9 Å². The third-order valence-electron chi connectivity index (χ3n) is 4.10. The van der Waals surface area contributed by atoms with E-state index in [-0.39, 0.29) is 12.5 Å². The van der Waals surface area contributed by atoms with E-state index in [1.807, 2.05) is 54.6 Å². The molecule has 0 bridgehead atoms. The van der Waals surface area contributed by atoms with Gasteiger partial charge < -0.3 is 19.2 Å².